The first-order valence-electron chi connectivity index (χ1n) is 8.36. The fraction of sp³-hybridized carbons (Fsp3) is 0.333. The molecular formula is C21H22O4. The molecule has 130 valence electrons. The van der Waals surface area contributed by atoms with Gasteiger partial charge >= 0.3 is 0 Å². The highest BCUT2D eigenvalue weighted by atomic mass is 16.5. The van der Waals surface area contributed by atoms with Crippen LogP contribution in [0.15, 0.2) is 48.5 Å². The van der Waals surface area contributed by atoms with E-state index in [1.807, 2.05) is 36.4 Å². The van der Waals surface area contributed by atoms with Gasteiger partial charge in [-0.2, -0.15) is 0 Å². The summed E-state index contributed by atoms with van der Waals surface area (Å²) < 4.78 is 16.9. The highest BCUT2D eigenvalue weighted by Gasteiger charge is 2.35. The zero-order chi connectivity index (χ0) is 17.5. The van der Waals surface area contributed by atoms with Gasteiger partial charge in [-0.1, -0.05) is 30.0 Å². The summed E-state index contributed by atoms with van der Waals surface area (Å²) in [5.41, 5.74) is 1.41. The van der Waals surface area contributed by atoms with Crippen LogP contribution in [0.4, 0.5) is 0 Å². The molecule has 1 N–H and O–H groups in total. The first kappa shape index (κ1) is 17.3. The number of rotatable bonds is 4. The van der Waals surface area contributed by atoms with Gasteiger partial charge in [-0.05, 0) is 29.8 Å². The SMILES string of the molecule is COC1(c2cc(O)cc(OCC#Cc3ccccc3)c2)CCOCC1. The number of phenolic OH excluding ortho intramolecular Hbond substituents is 1. The van der Waals surface area contributed by atoms with Crippen molar-refractivity contribution in [2.24, 2.45) is 0 Å². The van der Waals surface area contributed by atoms with Crippen LogP contribution in [0.1, 0.15) is 24.0 Å². The molecule has 4 nitrogen and oxygen atoms in total. The van der Waals surface area contributed by atoms with Crippen molar-refractivity contribution in [2.75, 3.05) is 26.9 Å². The molecule has 3 rings (SSSR count). The Balaban J connectivity index is 1.72. The molecule has 1 aliphatic rings. The summed E-state index contributed by atoms with van der Waals surface area (Å²) in [6, 6.07) is 15.0. The summed E-state index contributed by atoms with van der Waals surface area (Å²) in [6.45, 7) is 1.53. The number of ether oxygens (including phenoxy) is 3. The number of hydrogen-bond donors (Lipinski definition) is 1. The number of methoxy groups -OCH3 is 1. The van der Waals surface area contributed by atoms with Crippen LogP contribution in [0.3, 0.4) is 0 Å². The van der Waals surface area contributed by atoms with E-state index in [0.717, 1.165) is 24.0 Å². The van der Waals surface area contributed by atoms with E-state index in [9.17, 15) is 5.11 Å². The molecule has 0 atom stereocenters. The molecular weight excluding hydrogens is 316 g/mol. The van der Waals surface area contributed by atoms with Crippen molar-refractivity contribution in [1.82, 2.24) is 0 Å². The second-order valence-corrected chi connectivity index (χ2v) is 5.98. The molecule has 0 unspecified atom stereocenters. The number of benzene rings is 2. The van der Waals surface area contributed by atoms with Crippen molar-refractivity contribution in [2.45, 2.75) is 18.4 Å². The summed E-state index contributed by atoms with van der Waals surface area (Å²) >= 11 is 0. The zero-order valence-corrected chi connectivity index (χ0v) is 14.3. The molecule has 0 aliphatic carbocycles. The van der Waals surface area contributed by atoms with Crippen LogP contribution in [0.2, 0.25) is 0 Å². The van der Waals surface area contributed by atoms with Crippen molar-refractivity contribution in [3.05, 3.63) is 59.7 Å². The lowest BCUT2D eigenvalue weighted by molar-refractivity contribution is -0.0949. The maximum absolute atomic E-state index is 10.1. The van der Waals surface area contributed by atoms with Crippen LogP contribution >= 0.6 is 0 Å². The third-order valence-corrected chi connectivity index (χ3v) is 4.43. The first-order chi connectivity index (χ1) is 12.2. The maximum atomic E-state index is 10.1. The van der Waals surface area contributed by atoms with E-state index in [2.05, 4.69) is 11.8 Å². The zero-order valence-electron chi connectivity index (χ0n) is 14.3. The highest BCUT2D eigenvalue weighted by Crippen LogP contribution is 2.38. The fourth-order valence-corrected chi connectivity index (χ4v) is 3.02. The van der Waals surface area contributed by atoms with Gasteiger partial charge in [0.1, 0.15) is 18.1 Å². The molecule has 1 heterocycles. The number of hydrogen-bond acceptors (Lipinski definition) is 4. The Morgan fingerprint density at radius 1 is 1.12 bits per heavy atom. The Bertz CT molecular complexity index is 752. The van der Waals surface area contributed by atoms with Gasteiger partial charge in [0, 0.05) is 44.8 Å². The molecule has 0 aromatic heterocycles. The number of phenols is 1. The predicted octanol–water partition coefficient (Wildman–Crippen LogP) is 3.47. The molecule has 0 saturated carbocycles. The predicted molar refractivity (Wildman–Crippen MR) is 95.7 cm³/mol. The average Bonchev–Trinajstić information content (AvgIpc) is 2.66. The Kier molecular flexibility index (Phi) is 5.60. The monoisotopic (exact) mass is 338 g/mol. The molecule has 4 heteroatoms. The van der Waals surface area contributed by atoms with Crippen molar-refractivity contribution >= 4 is 0 Å². The van der Waals surface area contributed by atoms with Crippen LogP contribution in [0.5, 0.6) is 11.5 Å². The minimum atomic E-state index is -0.440. The Morgan fingerprint density at radius 2 is 1.88 bits per heavy atom. The molecule has 1 fully saturated rings. The fourth-order valence-electron chi connectivity index (χ4n) is 3.02. The third-order valence-electron chi connectivity index (χ3n) is 4.43. The Hall–Kier alpha value is -2.48. The van der Waals surface area contributed by atoms with Gasteiger partial charge in [0.25, 0.3) is 0 Å². The third kappa shape index (κ3) is 4.33. The van der Waals surface area contributed by atoms with Crippen molar-refractivity contribution in [3.63, 3.8) is 0 Å². The van der Waals surface area contributed by atoms with Gasteiger partial charge in [-0.25, -0.2) is 0 Å². The topological polar surface area (TPSA) is 47.9 Å². The molecule has 2 aromatic carbocycles. The van der Waals surface area contributed by atoms with E-state index in [1.165, 1.54) is 0 Å². The van der Waals surface area contributed by atoms with Crippen LogP contribution in [0, 0.1) is 11.8 Å². The van der Waals surface area contributed by atoms with Crippen LogP contribution in [0.25, 0.3) is 0 Å². The highest BCUT2D eigenvalue weighted by molar-refractivity contribution is 5.41. The minimum absolute atomic E-state index is 0.159. The summed E-state index contributed by atoms with van der Waals surface area (Å²) in [7, 11) is 1.70. The Labute approximate surface area is 148 Å². The lowest BCUT2D eigenvalue weighted by Gasteiger charge is -2.36. The van der Waals surface area contributed by atoms with Crippen molar-refractivity contribution < 1.29 is 19.3 Å². The minimum Gasteiger partial charge on any atom is -0.508 e. The molecule has 0 spiro atoms. The van der Waals surface area contributed by atoms with Crippen LogP contribution in [-0.4, -0.2) is 32.0 Å². The van der Waals surface area contributed by atoms with E-state index in [4.69, 9.17) is 14.2 Å². The van der Waals surface area contributed by atoms with Gasteiger partial charge < -0.3 is 19.3 Å². The van der Waals surface area contributed by atoms with Gasteiger partial charge in [-0.15, -0.1) is 0 Å². The second-order valence-electron chi connectivity index (χ2n) is 5.98. The van der Waals surface area contributed by atoms with Gasteiger partial charge in [-0.3, -0.25) is 0 Å². The summed E-state index contributed by atoms with van der Waals surface area (Å²) in [4.78, 5) is 0. The molecule has 0 bridgehead atoms. The lowest BCUT2D eigenvalue weighted by atomic mass is 9.86. The van der Waals surface area contributed by atoms with E-state index in [1.54, 1.807) is 19.2 Å². The second kappa shape index (κ2) is 8.06. The van der Waals surface area contributed by atoms with Gasteiger partial charge in [0.2, 0.25) is 0 Å². The molecule has 0 radical (unpaired) electrons. The van der Waals surface area contributed by atoms with E-state index >= 15 is 0 Å². The van der Waals surface area contributed by atoms with Crippen molar-refractivity contribution in [1.29, 1.82) is 0 Å². The van der Waals surface area contributed by atoms with Crippen LogP contribution in [-0.2, 0) is 15.1 Å². The standard InChI is InChI=1S/C21H22O4/c1-23-21(9-12-24-13-10-21)18-14-19(22)16-20(15-18)25-11-5-8-17-6-3-2-4-7-17/h2-4,6-7,14-16,22H,9-13H2,1H3. The van der Waals surface area contributed by atoms with Crippen molar-refractivity contribution in [3.8, 4) is 23.3 Å². The lowest BCUT2D eigenvalue weighted by Crippen LogP contribution is -2.35. The number of aromatic hydroxyl groups is 1. The Morgan fingerprint density at radius 3 is 2.60 bits per heavy atom. The molecule has 0 amide bonds. The normalized spacial score (nSPS) is 15.9. The molecule has 25 heavy (non-hydrogen) atoms. The maximum Gasteiger partial charge on any atom is 0.149 e. The summed E-state index contributed by atoms with van der Waals surface area (Å²) in [5, 5.41) is 10.1. The summed E-state index contributed by atoms with van der Waals surface area (Å²) in [6.07, 6.45) is 1.50. The van der Waals surface area contributed by atoms with Crippen LogP contribution < -0.4 is 4.74 Å². The van der Waals surface area contributed by atoms with Gasteiger partial charge in [0.05, 0.1) is 5.60 Å². The quantitative estimate of drug-likeness (QED) is 0.867. The largest absolute Gasteiger partial charge is 0.508 e. The summed E-state index contributed by atoms with van der Waals surface area (Å²) in [5.74, 6) is 6.78. The van der Waals surface area contributed by atoms with Gasteiger partial charge in [0.15, 0.2) is 0 Å². The molecule has 1 aliphatic heterocycles. The van der Waals surface area contributed by atoms with E-state index in [-0.39, 0.29) is 12.4 Å². The molecule has 1 saturated heterocycles. The van der Waals surface area contributed by atoms with E-state index < -0.39 is 5.60 Å². The average molecular weight is 338 g/mol. The van der Waals surface area contributed by atoms with E-state index in [0.29, 0.717) is 19.0 Å². The first-order valence-corrected chi connectivity index (χ1v) is 8.36. The molecule has 2 aromatic rings. The smallest absolute Gasteiger partial charge is 0.149 e.